The van der Waals surface area contributed by atoms with Crippen molar-refractivity contribution >= 4 is 27.3 Å². The molecule has 0 radical (unpaired) electrons. The van der Waals surface area contributed by atoms with Crippen LogP contribution >= 0.6 is 0 Å². The van der Waals surface area contributed by atoms with Gasteiger partial charge in [-0.3, -0.25) is 9.59 Å². The Morgan fingerprint density at radius 1 is 1.03 bits per heavy atom. The van der Waals surface area contributed by atoms with Crippen LogP contribution in [0, 0.1) is 0 Å². The topological polar surface area (TPSA) is 102 Å². The maximum atomic E-state index is 13.9. The van der Waals surface area contributed by atoms with E-state index in [1.807, 2.05) is 24.3 Å². The van der Waals surface area contributed by atoms with Crippen LogP contribution in [0.1, 0.15) is 53.7 Å². The number of sulfone groups is 1. The van der Waals surface area contributed by atoms with Crippen molar-refractivity contribution in [1.82, 2.24) is 14.7 Å². The summed E-state index contributed by atoms with van der Waals surface area (Å²) < 4.78 is 31.8. The molecule has 0 N–H and O–H groups in total. The monoisotopic (exact) mass is 550 g/mol. The number of rotatable bonds is 7. The van der Waals surface area contributed by atoms with E-state index in [0.29, 0.717) is 36.4 Å². The lowest BCUT2D eigenvalue weighted by molar-refractivity contribution is -0.130. The first-order chi connectivity index (χ1) is 18.5. The zero-order valence-corrected chi connectivity index (χ0v) is 23.6. The molecular weight excluding hydrogens is 516 g/mol. The average molecular weight is 551 g/mol. The minimum Gasteiger partial charge on any atom is -0.497 e. The van der Waals surface area contributed by atoms with Crippen molar-refractivity contribution in [1.29, 1.82) is 0 Å². The average Bonchev–Trinajstić information content (AvgIpc) is 3.55. The standard InChI is InChI=1S/C29H34N4O5S/c1-31(2)25(34)19-29(16-5-6-17-29)20-7-9-21(10-8-20)32-18-15-24-26(28(32)35)33(30-27(24)39(4,36)37)22-11-13-23(38-3)14-12-22/h7-14H,5-6,15-19H2,1-4H3. The largest absolute Gasteiger partial charge is 0.497 e. The van der Waals surface area contributed by atoms with Crippen LogP contribution in [0.3, 0.4) is 0 Å². The molecule has 1 fully saturated rings. The summed E-state index contributed by atoms with van der Waals surface area (Å²) in [5.41, 5.74) is 2.92. The second-order valence-corrected chi connectivity index (χ2v) is 12.7. The number of fused-ring (bicyclic) bond motifs is 1. The second-order valence-electron chi connectivity index (χ2n) is 10.7. The number of benzene rings is 2. The Morgan fingerprint density at radius 2 is 1.64 bits per heavy atom. The highest BCUT2D eigenvalue weighted by atomic mass is 32.2. The van der Waals surface area contributed by atoms with Gasteiger partial charge in [-0.15, -0.1) is 0 Å². The first kappa shape index (κ1) is 26.9. The number of hydrogen-bond donors (Lipinski definition) is 0. The van der Waals surface area contributed by atoms with Crippen LogP contribution < -0.4 is 9.64 Å². The van der Waals surface area contributed by atoms with Crippen LogP contribution in [0.5, 0.6) is 5.75 Å². The first-order valence-electron chi connectivity index (χ1n) is 13.1. The molecule has 1 aliphatic heterocycles. The van der Waals surface area contributed by atoms with E-state index >= 15 is 0 Å². The Hall–Kier alpha value is -3.66. The lowest BCUT2D eigenvalue weighted by Crippen LogP contribution is -2.39. The summed E-state index contributed by atoms with van der Waals surface area (Å²) in [6.45, 7) is 0.340. The van der Waals surface area contributed by atoms with E-state index in [0.717, 1.165) is 43.2 Å². The zero-order chi connectivity index (χ0) is 27.9. The smallest absolute Gasteiger partial charge is 0.277 e. The fraction of sp³-hybridized carbons (Fsp3) is 0.414. The molecule has 0 bridgehead atoms. The lowest BCUT2D eigenvalue weighted by Gasteiger charge is -2.32. The second kappa shape index (κ2) is 10.1. The highest BCUT2D eigenvalue weighted by Gasteiger charge is 2.39. The van der Waals surface area contributed by atoms with E-state index in [-0.39, 0.29) is 27.9 Å². The highest BCUT2D eigenvalue weighted by Crippen LogP contribution is 2.44. The van der Waals surface area contributed by atoms with Crippen LogP contribution in [0.25, 0.3) is 5.69 Å². The number of ether oxygens (including phenoxy) is 1. The molecule has 2 aromatic carbocycles. The molecule has 2 amide bonds. The number of aromatic nitrogens is 2. The van der Waals surface area contributed by atoms with Gasteiger partial charge in [0.15, 0.2) is 14.9 Å². The molecule has 1 aromatic heterocycles. The molecule has 0 spiro atoms. The molecular formula is C29H34N4O5S. The Labute approximate surface area is 229 Å². The van der Waals surface area contributed by atoms with E-state index in [1.54, 1.807) is 55.3 Å². The van der Waals surface area contributed by atoms with Crippen molar-refractivity contribution in [2.45, 2.75) is 49.0 Å². The van der Waals surface area contributed by atoms with Crippen LogP contribution in [0.15, 0.2) is 53.6 Å². The van der Waals surface area contributed by atoms with Gasteiger partial charge in [0.1, 0.15) is 11.4 Å². The normalized spacial score (nSPS) is 16.7. The maximum absolute atomic E-state index is 13.9. The lowest BCUT2D eigenvalue weighted by atomic mass is 9.75. The molecule has 3 aromatic rings. The number of anilines is 1. The van der Waals surface area contributed by atoms with Gasteiger partial charge < -0.3 is 14.5 Å². The quantitative estimate of drug-likeness (QED) is 0.444. The van der Waals surface area contributed by atoms with Gasteiger partial charge in [0.2, 0.25) is 5.91 Å². The molecule has 10 heteroatoms. The summed E-state index contributed by atoms with van der Waals surface area (Å²) in [4.78, 5) is 29.8. The number of amides is 2. The Balaban J connectivity index is 1.50. The van der Waals surface area contributed by atoms with Gasteiger partial charge in [-0.2, -0.15) is 5.10 Å². The van der Waals surface area contributed by atoms with Crippen molar-refractivity contribution < 1.29 is 22.7 Å². The number of hydrogen-bond acceptors (Lipinski definition) is 6. The third kappa shape index (κ3) is 4.93. The third-order valence-electron chi connectivity index (χ3n) is 7.99. The van der Waals surface area contributed by atoms with Gasteiger partial charge in [0.25, 0.3) is 5.91 Å². The van der Waals surface area contributed by atoms with Crippen molar-refractivity contribution in [2.75, 3.05) is 38.9 Å². The van der Waals surface area contributed by atoms with E-state index in [4.69, 9.17) is 4.74 Å². The van der Waals surface area contributed by atoms with Gasteiger partial charge in [-0.1, -0.05) is 25.0 Å². The molecule has 1 aliphatic carbocycles. The molecule has 0 atom stereocenters. The molecule has 39 heavy (non-hydrogen) atoms. The van der Waals surface area contributed by atoms with E-state index in [1.165, 1.54) is 4.68 Å². The molecule has 9 nitrogen and oxygen atoms in total. The number of carbonyl (C=O) groups is 2. The minimum atomic E-state index is -3.65. The minimum absolute atomic E-state index is 0.0644. The van der Waals surface area contributed by atoms with E-state index in [9.17, 15) is 18.0 Å². The van der Waals surface area contributed by atoms with Gasteiger partial charge >= 0.3 is 0 Å². The van der Waals surface area contributed by atoms with Crippen molar-refractivity contribution in [3.63, 3.8) is 0 Å². The fourth-order valence-corrected chi connectivity index (χ4v) is 6.72. The zero-order valence-electron chi connectivity index (χ0n) is 22.8. The summed E-state index contributed by atoms with van der Waals surface area (Å²) in [6.07, 6.45) is 6.06. The number of carbonyl (C=O) groups excluding carboxylic acids is 2. The van der Waals surface area contributed by atoms with Crippen molar-refractivity contribution in [3.05, 3.63) is 65.4 Å². The number of methoxy groups -OCH3 is 1. The summed E-state index contributed by atoms with van der Waals surface area (Å²) in [5, 5.41) is 4.32. The molecule has 1 saturated carbocycles. The molecule has 5 rings (SSSR count). The Morgan fingerprint density at radius 3 is 2.21 bits per heavy atom. The predicted octanol–water partition coefficient (Wildman–Crippen LogP) is 3.78. The molecule has 2 heterocycles. The van der Waals surface area contributed by atoms with Crippen LogP contribution in [-0.4, -0.2) is 68.9 Å². The third-order valence-corrected chi connectivity index (χ3v) is 9.02. The maximum Gasteiger partial charge on any atom is 0.277 e. The summed E-state index contributed by atoms with van der Waals surface area (Å²) in [5.74, 6) is 0.456. The Bertz CT molecular complexity index is 1500. The predicted molar refractivity (Wildman–Crippen MR) is 149 cm³/mol. The van der Waals surface area contributed by atoms with Gasteiger partial charge in [0.05, 0.1) is 12.8 Å². The molecule has 206 valence electrons. The highest BCUT2D eigenvalue weighted by molar-refractivity contribution is 7.90. The molecule has 0 saturated heterocycles. The van der Waals surface area contributed by atoms with E-state index < -0.39 is 9.84 Å². The number of nitrogens with zero attached hydrogens (tertiary/aromatic N) is 4. The summed E-state index contributed by atoms with van der Waals surface area (Å²) in [7, 11) is 1.49. The van der Waals surface area contributed by atoms with Gasteiger partial charge in [-0.25, -0.2) is 13.1 Å². The summed E-state index contributed by atoms with van der Waals surface area (Å²) in [6, 6.07) is 14.9. The fourth-order valence-electron chi connectivity index (χ4n) is 5.84. The van der Waals surface area contributed by atoms with Gasteiger partial charge in [0, 0.05) is 50.0 Å². The molecule has 2 aliphatic rings. The van der Waals surface area contributed by atoms with Crippen LogP contribution in [0.2, 0.25) is 0 Å². The van der Waals surface area contributed by atoms with E-state index in [2.05, 4.69) is 5.10 Å². The van der Waals surface area contributed by atoms with Crippen LogP contribution in [0.4, 0.5) is 5.69 Å². The molecule has 0 unspecified atom stereocenters. The summed E-state index contributed by atoms with van der Waals surface area (Å²) >= 11 is 0. The van der Waals surface area contributed by atoms with Gasteiger partial charge in [-0.05, 0) is 61.2 Å². The van der Waals surface area contributed by atoms with Crippen LogP contribution in [-0.2, 0) is 26.5 Å². The van der Waals surface area contributed by atoms with Crippen molar-refractivity contribution in [2.24, 2.45) is 0 Å². The SMILES string of the molecule is COc1ccc(-n2nc(S(C)(=O)=O)c3c2C(=O)N(c2ccc(C4(CC(=O)N(C)C)CCCC4)cc2)CC3)cc1. The van der Waals surface area contributed by atoms with Crippen molar-refractivity contribution in [3.8, 4) is 11.4 Å². The first-order valence-corrected chi connectivity index (χ1v) is 15.0. The Kier molecular flexibility index (Phi) is 7.00.